The fourth-order valence-electron chi connectivity index (χ4n) is 0. The van der Waals surface area contributed by atoms with Crippen LogP contribution in [-0.4, -0.2) is 6.18 Å². The van der Waals surface area contributed by atoms with Crippen LogP contribution in [0.1, 0.15) is 6.92 Å². The molecule has 0 aromatic rings. The molecule has 40 valence electrons. The van der Waals surface area contributed by atoms with Crippen LogP contribution in [0.2, 0.25) is 0 Å². The second-order valence-electron chi connectivity index (χ2n) is 0.781. The lowest BCUT2D eigenvalue weighted by molar-refractivity contribution is -0.110. The number of hydrogen-bond donors (Lipinski definition) is 0. The van der Waals surface area contributed by atoms with Crippen LogP contribution in [0.3, 0.4) is 0 Å². The molecular weight excluding hydrogens is 100 g/mol. The fourth-order valence-corrected chi connectivity index (χ4v) is 0. The van der Waals surface area contributed by atoms with Crippen molar-refractivity contribution < 1.29 is 17.9 Å². The van der Waals surface area contributed by atoms with Crippen molar-refractivity contribution in [2.45, 2.75) is 13.1 Å². The third kappa shape index (κ3) is 351. The largest absolute Gasteiger partial charge is 0.386 e. The Kier molecular flexibility index (Phi) is 3.06. The van der Waals surface area contributed by atoms with Gasteiger partial charge in [-0.15, -0.1) is 0 Å². The van der Waals surface area contributed by atoms with E-state index in [0.29, 0.717) is 0 Å². The molecule has 6 heavy (non-hydrogen) atoms. The minimum Gasteiger partial charge on any atom is -0.269 e. The lowest BCUT2D eigenvalue weighted by atomic mass is 10.8. The third-order valence-corrected chi connectivity index (χ3v) is 0. The van der Waals surface area contributed by atoms with Gasteiger partial charge in [0.25, 0.3) is 0 Å². The van der Waals surface area contributed by atoms with E-state index in [1.165, 1.54) is 0 Å². The van der Waals surface area contributed by atoms with Gasteiger partial charge in [0.05, 0.1) is 0 Å². The number of rotatable bonds is 0. The van der Waals surface area contributed by atoms with Crippen molar-refractivity contribution in [3.8, 4) is 0 Å². The van der Waals surface area contributed by atoms with E-state index in [1.807, 2.05) is 0 Å². The fraction of sp³-hybridized carbons (Fsp3) is 1.00. The zero-order valence-corrected chi connectivity index (χ0v) is 3.04. The highest BCUT2D eigenvalue weighted by Crippen LogP contribution is 2.10. The van der Waals surface area contributed by atoms with E-state index in [9.17, 15) is 13.2 Å². The van der Waals surface area contributed by atoms with Crippen LogP contribution < -0.4 is 0 Å². The van der Waals surface area contributed by atoms with Gasteiger partial charge in [0.15, 0.2) is 0 Å². The average Bonchev–Trinajstić information content (AvgIpc) is 0.722. The second kappa shape index (κ2) is 2.00. The molecule has 0 unspecified atom stereocenters. The van der Waals surface area contributed by atoms with E-state index in [4.69, 9.17) is 0 Å². The molecule has 0 radical (unpaired) electrons. The second-order valence-corrected chi connectivity index (χ2v) is 0.781. The lowest BCUT2D eigenvalue weighted by Crippen LogP contribution is -1.95. The van der Waals surface area contributed by atoms with Gasteiger partial charge >= 0.3 is 6.18 Å². The molecule has 0 aromatic carbocycles. The molecule has 0 N–H and O–H groups in total. The van der Waals surface area contributed by atoms with Crippen LogP contribution in [-0.2, 0) is 0 Å². The molecule has 4 heteroatoms. The summed E-state index contributed by atoms with van der Waals surface area (Å²) in [6, 6.07) is 0. The molecule has 0 rings (SSSR count). The SMILES string of the molecule is CC(F)(F)F.F. The van der Waals surface area contributed by atoms with E-state index in [0.717, 1.165) is 0 Å². The molecule has 0 spiro atoms. The molecule has 0 saturated carbocycles. The van der Waals surface area contributed by atoms with Crippen molar-refractivity contribution in [2.75, 3.05) is 0 Å². The summed E-state index contributed by atoms with van der Waals surface area (Å²) in [5, 5.41) is 0. The summed E-state index contributed by atoms with van der Waals surface area (Å²) in [6.45, 7) is 0.188. The average molecular weight is 104 g/mol. The Balaban J connectivity index is 0. The first-order valence-electron chi connectivity index (χ1n) is 1.07. The van der Waals surface area contributed by atoms with Crippen LogP contribution in [0, 0.1) is 0 Å². The quantitative estimate of drug-likeness (QED) is 0.410. The first-order chi connectivity index (χ1) is 2.00. The van der Waals surface area contributed by atoms with Crippen LogP contribution in [0.5, 0.6) is 0 Å². The highest BCUT2D eigenvalue weighted by Gasteiger charge is 2.15. The Morgan fingerprint density at radius 2 is 1.17 bits per heavy atom. The van der Waals surface area contributed by atoms with Crippen LogP contribution in [0.25, 0.3) is 0 Å². The van der Waals surface area contributed by atoms with Crippen molar-refractivity contribution >= 4 is 0 Å². The van der Waals surface area contributed by atoms with Gasteiger partial charge < -0.3 is 0 Å². The van der Waals surface area contributed by atoms with Gasteiger partial charge in [-0.25, -0.2) is 0 Å². The van der Waals surface area contributed by atoms with E-state index < -0.39 is 6.18 Å². The molecule has 0 aliphatic heterocycles. The predicted octanol–water partition coefficient (Wildman–Crippen LogP) is 1.72. The molecule has 0 amide bonds. The maximum atomic E-state index is 10.4. The van der Waals surface area contributed by atoms with Gasteiger partial charge in [0.2, 0.25) is 0 Å². The third-order valence-electron chi connectivity index (χ3n) is 0. The first kappa shape index (κ1) is 9.21. The number of halogens is 4. The van der Waals surface area contributed by atoms with Gasteiger partial charge in [-0.1, -0.05) is 0 Å². The summed E-state index contributed by atoms with van der Waals surface area (Å²) in [5.74, 6) is 0. The zero-order valence-electron chi connectivity index (χ0n) is 3.04. The first-order valence-corrected chi connectivity index (χ1v) is 1.07. The number of alkyl halides is 3. The van der Waals surface area contributed by atoms with Gasteiger partial charge in [0, 0.05) is 6.92 Å². The summed E-state index contributed by atoms with van der Waals surface area (Å²) >= 11 is 0. The lowest BCUT2D eigenvalue weighted by Gasteiger charge is -1.88. The Morgan fingerprint density at radius 1 is 1.17 bits per heavy atom. The van der Waals surface area contributed by atoms with Crippen LogP contribution in [0.15, 0.2) is 0 Å². The molecule has 0 aliphatic carbocycles. The van der Waals surface area contributed by atoms with E-state index in [-0.39, 0.29) is 11.6 Å². The monoisotopic (exact) mass is 104 g/mol. The smallest absolute Gasteiger partial charge is 0.269 e. The summed E-state index contributed by atoms with van der Waals surface area (Å²) in [7, 11) is 0. The highest BCUT2D eigenvalue weighted by atomic mass is 19.4. The molecular formula is C2H4F4. The summed E-state index contributed by atoms with van der Waals surface area (Å²) in [6.07, 6.45) is -4.00. The molecule has 0 atom stereocenters. The summed E-state index contributed by atoms with van der Waals surface area (Å²) in [4.78, 5) is 0. The Bertz CT molecular complexity index is 21.0. The number of hydrogen-bond acceptors (Lipinski definition) is 0. The van der Waals surface area contributed by atoms with Crippen molar-refractivity contribution in [1.29, 1.82) is 0 Å². The highest BCUT2D eigenvalue weighted by molar-refractivity contribution is 4.26. The minimum atomic E-state index is -4.00. The predicted molar refractivity (Wildman–Crippen MR) is 14.2 cm³/mol. The van der Waals surface area contributed by atoms with Gasteiger partial charge in [-0.3, -0.25) is 4.70 Å². The van der Waals surface area contributed by atoms with Crippen LogP contribution in [0.4, 0.5) is 17.9 Å². The van der Waals surface area contributed by atoms with Crippen LogP contribution >= 0.6 is 0 Å². The molecule has 0 bridgehead atoms. The van der Waals surface area contributed by atoms with Gasteiger partial charge in [0.1, 0.15) is 0 Å². The molecule has 0 fully saturated rings. The Hall–Kier alpha value is -0.280. The normalized spacial score (nSPS) is 10.0. The molecule has 0 nitrogen and oxygen atoms in total. The van der Waals surface area contributed by atoms with Crippen molar-refractivity contribution in [2.24, 2.45) is 0 Å². The topological polar surface area (TPSA) is 0 Å². The Labute approximate surface area is 32.3 Å². The van der Waals surface area contributed by atoms with Gasteiger partial charge in [-0.05, 0) is 0 Å². The van der Waals surface area contributed by atoms with E-state index >= 15 is 0 Å². The van der Waals surface area contributed by atoms with Crippen molar-refractivity contribution in [3.05, 3.63) is 0 Å². The van der Waals surface area contributed by atoms with Crippen molar-refractivity contribution in [1.82, 2.24) is 0 Å². The molecule has 0 saturated heterocycles. The van der Waals surface area contributed by atoms with Crippen molar-refractivity contribution in [3.63, 3.8) is 0 Å². The van der Waals surface area contributed by atoms with E-state index in [2.05, 4.69) is 0 Å². The molecule has 0 aliphatic rings. The minimum absolute atomic E-state index is 0. The standard InChI is InChI=1S/C2H3F3.FH/c1-2(3,4)5;/h1H3;1H. The summed E-state index contributed by atoms with van der Waals surface area (Å²) < 4.78 is 31.1. The maximum absolute atomic E-state index is 10.4. The molecule has 0 heterocycles. The zero-order chi connectivity index (χ0) is 4.50. The van der Waals surface area contributed by atoms with E-state index in [1.54, 1.807) is 0 Å². The summed E-state index contributed by atoms with van der Waals surface area (Å²) in [5.41, 5.74) is 0. The molecule has 0 aromatic heterocycles. The maximum Gasteiger partial charge on any atom is 0.386 e. The van der Waals surface area contributed by atoms with Gasteiger partial charge in [-0.2, -0.15) is 13.2 Å². The Morgan fingerprint density at radius 3 is 1.17 bits per heavy atom.